The summed E-state index contributed by atoms with van der Waals surface area (Å²) in [5, 5.41) is 13.3. The second-order valence-electron chi connectivity index (χ2n) is 5.29. The van der Waals surface area contributed by atoms with Gasteiger partial charge in [-0.05, 0) is 35.4 Å². The van der Waals surface area contributed by atoms with Crippen molar-refractivity contribution < 1.29 is 4.79 Å². The zero-order valence-electron chi connectivity index (χ0n) is 13.5. The van der Waals surface area contributed by atoms with Crippen LogP contribution in [-0.4, -0.2) is 16.1 Å². The summed E-state index contributed by atoms with van der Waals surface area (Å²) in [5.74, 6) is 0.280. The van der Waals surface area contributed by atoms with Crippen LogP contribution in [0.3, 0.4) is 0 Å². The van der Waals surface area contributed by atoms with E-state index in [4.69, 9.17) is 46.4 Å². The van der Waals surface area contributed by atoms with Crippen molar-refractivity contribution in [1.82, 2.24) is 10.2 Å². The molecule has 3 aromatic rings. The van der Waals surface area contributed by atoms with E-state index in [-0.39, 0.29) is 12.3 Å². The first-order chi connectivity index (χ1) is 12.9. The number of amides is 1. The lowest BCUT2D eigenvalue weighted by Gasteiger charge is -2.06. The van der Waals surface area contributed by atoms with Crippen LogP contribution in [0.15, 0.2) is 40.7 Å². The fraction of sp³-hybridized carbons (Fsp3) is 0.118. The van der Waals surface area contributed by atoms with E-state index >= 15 is 0 Å². The fourth-order valence-corrected chi connectivity index (χ4v) is 5.19. The topological polar surface area (TPSA) is 54.9 Å². The Kier molecular flexibility index (Phi) is 7.25. The summed E-state index contributed by atoms with van der Waals surface area (Å²) in [7, 11) is 0. The van der Waals surface area contributed by atoms with E-state index in [9.17, 15) is 4.79 Å². The number of carbonyl (C=O) groups excluding carboxylic acids is 1. The van der Waals surface area contributed by atoms with E-state index in [1.165, 1.54) is 23.1 Å². The summed E-state index contributed by atoms with van der Waals surface area (Å²) in [6.45, 7) is 0. The summed E-state index contributed by atoms with van der Waals surface area (Å²) in [6, 6.07) is 10.5. The zero-order chi connectivity index (χ0) is 19.4. The van der Waals surface area contributed by atoms with Gasteiger partial charge in [0.15, 0.2) is 4.34 Å². The first-order valence-corrected chi connectivity index (χ1v) is 10.9. The molecular formula is C17H11Cl4N3OS2. The van der Waals surface area contributed by atoms with Gasteiger partial charge in [0.25, 0.3) is 0 Å². The summed E-state index contributed by atoms with van der Waals surface area (Å²) >= 11 is 27.2. The van der Waals surface area contributed by atoms with Gasteiger partial charge in [-0.1, -0.05) is 81.6 Å². The third-order valence-corrected chi connectivity index (χ3v) is 6.87. The molecule has 0 saturated carbocycles. The largest absolute Gasteiger partial charge is 0.300 e. The van der Waals surface area contributed by atoms with Crippen LogP contribution in [-0.2, 0) is 17.0 Å². The molecule has 0 bridgehead atoms. The Morgan fingerprint density at radius 2 is 1.48 bits per heavy atom. The molecule has 0 aliphatic carbocycles. The Hall–Kier alpha value is -1.02. The minimum absolute atomic E-state index is 0.0514. The lowest BCUT2D eigenvalue weighted by atomic mass is 10.1. The highest BCUT2D eigenvalue weighted by atomic mass is 35.5. The van der Waals surface area contributed by atoms with Gasteiger partial charge in [-0.2, -0.15) is 0 Å². The highest BCUT2D eigenvalue weighted by Crippen LogP contribution is 2.33. The molecule has 0 spiro atoms. The highest BCUT2D eigenvalue weighted by Gasteiger charge is 2.14. The molecular weight excluding hydrogens is 468 g/mol. The quantitative estimate of drug-likeness (QED) is 0.319. The third-order valence-electron chi connectivity index (χ3n) is 3.45. The third kappa shape index (κ3) is 5.50. The van der Waals surface area contributed by atoms with Gasteiger partial charge in [0.2, 0.25) is 11.0 Å². The summed E-state index contributed by atoms with van der Waals surface area (Å²) < 4.78 is 0.692. The van der Waals surface area contributed by atoms with Crippen LogP contribution in [0.1, 0.15) is 11.1 Å². The molecule has 0 atom stereocenters. The molecule has 0 fully saturated rings. The first kappa shape index (κ1) is 20.7. The van der Waals surface area contributed by atoms with Gasteiger partial charge in [-0.25, -0.2) is 0 Å². The average Bonchev–Trinajstić information content (AvgIpc) is 3.05. The van der Waals surface area contributed by atoms with Gasteiger partial charge in [0.05, 0.1) is 6.42 Å². The number of thioether (sulfide) groups is 1. The van der Waals surface area contributed by atoms with Crippen molar-refractivity contribution in [2.24, 2.45) is 0 Å². The van der Waals surface area contributed by atoms with Crippen LogP contribution in [0.5, 0.6) is 0 Å². The van der Waals surface area contributed by atoms with Crippen molar-refractivity contribution in [2.45, 2.75) is 16.5 Å². The predicted octanol–water partition coefficient (Wildman–Crippen LogP) is 6.63. The maximum absolute atomic E-state index is 12.2. The van der Waals surface area contributed by atoms with Crippen molar-refractivity contribution in [3.05, 3.63) is 67.6 Å². The molecule has 27 heavy (non-hydrogen) atoms. The molecule has 1 amide bonds. The molecule has 3 rings (SSSR count). The number of carbonyl (C=O) groups is 1. The molecule has 10 heteroatoms. The van der Waals surface area contributed by atoms with Crippen LogP contribution in [0, 0.1) is 0 Å². The predicted molar refractivity (Wildman–Crippen MR) is 115 cm³/mol. The molecule has 0 unspecified atom stereocenters. The second-order valence-corrected chi connectivity index (χ2v) is 9.12. The van der Waals surface area contributed by atoms with Crippen molar-refractivity contribution in [2.75, 3.05) is 5.32 Å². The highest BCUT2D eigenvalue weighted by molar-refractivity contribution is 8.00. The van der Waals surface area contributed by atoms with E-state index < -0.39 is 0 Å². The van der Waals surface area contributed by atoms with Crippen LogP contribution in [0.25, 0.3) is 0 Å². The number of hydrogen-bond acceptors (Lipinski definition) is 5. The molecule has 140 valence electrons. The summed E-state index contributed by atoms with van der Waals surface area (Å²) in [4.78, 5) is 12.2. The smallest absolute Gasteiger partial charge is 0.230 e. The molecule has 0 aliphatic heterocycles. The van der Waals surface area contributed by atoms with E-state index in [2.05, 4.69) is 15.5 Å². The SMILES string of the molecule is O=C(Cc1c(Cl)cccc1Cl)Nc1nnc(SCc2c(Cl)cccc2Cl)s1. The van der Waals surface area contributed by atoms with Crippen LogP contribution in [0.4, 0.5) is 5.13 Å². The van der Waals surface area contributed by atoms with Crippen LogP contribution in [0.2, 0.25) is 20.1 Å². The van der Waals surface area contributed by atoms with Crippen LogP contribution >= 0.6 is 69.5 Å². The number of halogens is 4. The van der Waals surface area contributed by atoms with Gasteiger partial charge in [-0.15, -0.1) is 10.2 Å². The van der Waals surface area contributed by atoms with E-state index in [0.29, 0.717) is 40.9 Å². The lowest BCUT2D eigenvalue weighted by Crippen LogP contribution is -2.14. The lowest BCUT2D eigenvalue weighted by molar-refractivity contribution is -0.115. The van der Waals surface area contributed by atoms with Gasteiger partial charge in [0, 0.05) is 25.8 Å². The number of hydrogen-bond donors (Lipinski definition) is 1. The first-order valence-electron chi connectivity index (χ1n) is 7.56. The molecule has 0 radical (unpaired) electrons. The van der Waals surface area contributed by atoms with Gasteiger partial charge >= 0.3 is 0 Å². The molecule has 0 saturated heterocycles. The molecule has 0 aliphatic rings. The Morgan fingerprint density at radius 1 is 0.926 bits per heavy atom. The van der Waals surface area contributed by atoms with E-state index in [1.54, 1.807) is 36.4 Å². The number of rotatable bonds is 6. The number of benzene rings is 2. The van der Waals surface area contributed by atoms with Gasteiger partial charge in [-0.3, -0.25) is 4.79 Å². The Labute approximate surface area is 184 Å². The molecule has 1 N–H and O–H groups in total. The standard InChI is InChI=1S/C17H11Cl4N3OS2/c18-11-3-1-4-12(19)9(11)7-15(25)22-16-23-24-17(27-16)26-8-10-13(20)5-2-6-14(10)21/h1-6H,7-8H2,(H,22,23,25). The normalized spacial score (nSPS) is 10.8. The van der Waals surface area contributed by atoms with Crippen LogP contribution < -0.4 is 5.32 Å². The summed E-state index contributed by atoms with van der Waals surface area (Å²) in [5.41, 5.74) is 1.41. The Bertz CT molecular complexity index is 940. The second kappa shape index (κ2) is 9.45. The minimum Gasteiger partial charge on any atom is -0.300 e. The van der Waals surface area contributed by atoms with Crippen molar-refractivity contribution in [3.63, 3.8) is 0 Å². The van der Waals surface area contributed by atoms with Crippen molar-refractivity contribution in [3.8, 4) is 0 Å². The number of nitrogens with one attached hydrogen (secondary N) is 1. The molecule has 1 aromatic heterocycles. The van der Waals surface area contributed by atoms with E-state index in [0.717, 1.165) is 5.56 Å². The fourth-order valence-electron chi connectivity index (χ4n) is 2.15. The number of aromatic nitrogens is 2. The van der Waals surface area contributed by atoms with Gasteiger partial charge in [0.1, 0.15) is 0 Å². The maximum Gasteiger partial charge on any atom is 0.230 e. The number of anilines is 1. The molecule has 2 aromatic carbocycles. The molecule has 1 heterocycles. The summed E-state index contributed by atoms with van der Waals surface area (Å²) in [6.07, 6.45) is 0.0514. The minimum atomic E-state index is -0.271. The Morgan fingerprint density at radius 3 is 2.07 bits per heavy atom. The zero-order valence-corrected chi connectivity index (χ0v) is 18.2. The molecule has 4 nitrogen and oxygen atoms in total. The van der Waals surface area contributed by atoms with Crippen molar-refractivity contribution in [1.29, 1.82) is 0 Å². The number of nitrogens with zero attached hydrogens (tertiary/aromatic N) is 2. The Balaban J connectivity index is 1.60. The average molecular weight is 479 g/mol. The van der Waals surface area contributed by atoms with Crippen molar-refractivity contribution >= 4 is 80.5 Å². The van der Waals surface area contributed by atoms with Gasteiger partial charge < -0.3 is 5.32 Å². The monoisotopic (exact) mass is 477 g/mol. The van der Waals surface area contributed by atoms with E-state index in [1.807, 2.05) is 0 Å². The maximum atomic E-state index is 12.2.